The molecule has 0 saturated heterocycles. The Hall–Kier alpha value is -1.06. The molecule has 0 amide bonds. The van der Waals surface area contributed by atoms with Crippen molar-refractivity contribution in [3.8, 4) is 0 Å². The Balaban J connectivity index is 2.35. The van der Waals surface area contributed by atoms with E-state index in [1.165, 1.54) is 12.8 Å². The third kappa shape index (κ3) is 2.68. The number of carbonyl (C=O) groups is 1. The van der Waals surface area contributed by atoms with Crippen LogP contribution in [0.2, 0.25) is 5.02 Å². The molecule has 18 heavy (non-hydrogen) atoms. The number of carbonyl (C=O) groups excluding carboxylic acids is 1. The van der Waals surface area contributed by atoms with Crippen molar-refractivity contribution in [1.82, 2.24) is 0 Å². The Morgan fingerprint density at radius 1 is 1.39 bits per heavy atom. The fourth-order valence-electron chi connectivity index (χ4n) is 2.72. The maximum Gasteiger partial charge on any atom is 0.153 e. The first-order valence-electron chi connectivity index (χ1n) is 6.39. The predicted molar refractivity (Wildman–Crippen MR) is 73.5 cm³/mol. The van der Waals surface area contributed by atoms with Crippen molar-refractivity contribution in [2.75, 3.05) is 18.1 Å². The van der Waals surface area contributed by atoms with Crippen molar-refractivity contribution in [2.45, 2.75) is 31.7 Å². The highest BCUT2D eigenvalue weighted by Gasteiger charge is 2.24. The number of rotatable bonds is 5. The zero-order chi connectivity index (χ0) is 13.0. The van der Waals surface area contributed by atoms with Gasteiger partial charge in [-0.3, -0.25) is 4.79 Å². The van der Waals surface area contributed by atoms with Crippen LogP contribution < -0.4 is 4.90 Å². The number of halogens is 1. The van der Waals surface area contributed by atoms with Crippen LogP contribution in [0.5, 0.6) is 0 Å². The van der Waals surface area contributed by atoms with E-state index in [1.54, 1.807) is 6.07 Å². The molecule has 4 heteroatoms. The maximum absolute atomic E-state index is 11.2. The maximum atomic E-state index is 11.2. The average Bonchev–Trinajstić information content (AvgIpc) is 2.89. The summed E-state index contributed by atoms with van der Waals surface area (Å²) < 4.78 is 0. The lowest BCUT2D eigenvalue weighted by Crippen LogP contribution is -2.36. The molecule has 0 aliphatic heterocycles. The molecular formula is C14H18ClNO2. The molecule has 98 valence electrons. The molecule has 0 radical (unpaired) electrons. The van der Waals surface area contributed by atoms with Crippen LogP contribution in [0, 0.1) is 0 Å². The van der Waals surface area contributed by atoms with Crippen molar-refractivity contribution >= 4 is 23.6 Å². The summed E-state index contributed by atoms with van der Waals surface area (Å²) in [6.07, 6.45) is 5.46. The van der Waals surface area contributed by atoms with Gasteiger partial charge in [-0.1, -0.05) is 30.5 Å². The van der Waals surface area contributed by atoms with E-state index < -0.39 is 0 Å². The number of aliphatic hydroxyl groups is 1. The van der Waals surface area contributed by atoms with Crippen molar-refractivity contribution in [3.63, 3.8) is 0 Å². The second-order valence-electron chi connectivity index (χ2n) is 4.65. The van der Waals surface area contributed by atoms with Gasteiger partial charge >= 0.3 is 0 Å². The molecule has 0 atom stereocenters. The van der Waals surface area contributed by atoms with Crippen LogP contribution in [-0.2, 0) is 0 Å². The van der Waals surface area contributed by atoms with E-state index in [9.17, 15) is 9.90 Å². The summed E-state index contributed by atoms with van der Waals surface area (Å²) in [6.45, 7) is 0.632. The highest BCUT2D eigenvalue weighted by Crippen LogP contribution is 2.32. The number of hydrogen-bond donors (Lipinski definition) is 1. The van der Waals surface area contributed by atoms with E-state index >= 15 is 0 Å². The molecule has 0 spiro atoms. The van der Waals surface area contributed by atoms with Crippen LogP contribution in [0.4, 0.5) is 5.69 Å². The zero-order valence-corrected chi connectivity index (χ0v) is 11.1. The van der Waals surface area contributed by atoms with Crippen molar-refractivity contribution in [1.29, 1.82) is 0 Å². The van der Waals surface area contributed by atoms with Gasteiger partial charge in [-0.25, -0.2) is 0 Å². The first-order chi connectivity index (χ1) is 8.77. The van der Waals surface area contributed by atoms with Gasteiger partial charge in [0.25, 0.3) is 0 Å². The number of anilines is 1. The number of aliphatic hydroxyl groups excluding tert-OH is 1. The molecule has 0 unspecified atom stereocenters. The molecule has 1 fully saturated rings. The lowest BCUT2D eigenvalue weighted by Gasteiger charge is -2.31. The molecular weight excluding hydrogens is 250 g/mol. The molecule has 1 aromatic rings. The first-order valence-corrected chi connectivity index (χ1v) is 6.77. The largest absolute Gasteiger partial charge is 0.395 e. The standard InChI is InChI=1S/C14H18ClNO2/c15-13-6-3-7-14(12(13)10-18)16(8-9-17)11-4-1-2-5-11/h3,6-7,10-11,17H,1-2,4-5,8-9H2. The molecule has 1 aliphatic carbocycles. The zero-order valence-electron chi connectivity index (χ0n) is 10.3. The van der Waals surface area contributed by atoms with E-state index in [-0.39, 0.29) is 6.61 Å². The van der Waals surface area contributed by atoms with Crippen LogP contribution in [0.25, 0.3) is 0 Å². The molecule has 3 nitrogen and oxygen atoms in total. The lowest BCUT2D eigenvalue weighted by molar-refractivity contribution is 0.112. The van der Waals surface area contributed by atoms with Gasteiger partial charge in [-0.15, -0.1) is 0 Å². The number of hydrogen-bond acceptors (Lipinski definition) is 3. The van der Waals surface area contributed by atoms with Crippen LogP contribution in [-0.4, -0.2) is 30.6 Å². The fourth-order valence-corrected chi connectivity index (χ4v) is 2.93. The second-order valence-corrected chi connectivity index (χ2v) is 5.05. The average molecular weight is 268 g/mol. The number of benzene rings is 1. The quantitative estimate of drug-likeness (QED) is 0.834. The number of nitrogens with zero attached hydrogens (tertiary/aromatic N) is 1. The Morgan fingerprint density at radius 2 is 2.11 bits per heavy atom. The van der Waals surface area contributed by atoms with Crippen molar-refractivity contribution in [3.05, 3.63) is 28.8 Å². The SMILES string of the molecule is O=Cc1c(Cl)cccc1N(CCO)C1CCCC1. The minimum Gasteiger partial charge on any atom is -0.395 e. The van der Waals surface area contributed by atoms with Gasteiger partial charge in [0.2, 0.25) is 0 Å². The minimum absolute atomic E-state index is 0.0846. The van der Waals surface area contributed by atoms with Crippen LogP contribution >= 0.6 is 11.6 Å². The van der Waals surface area contributed by atoms with E-state index in [0.717, 1.165) is 24.8 Å². The highest BCUT2D eigenvalue weighted by atomic mass is 35.5. The Kier molecular flexibility index (Phi) is 4.61. The van der Waals surface area contributed by atoms with Crippen LogP contribution in [0.15, 0.2) is 18.2 Å². The van der Waals surface area contributed by atoms with Gasteiger partial charge in [0, 0.05) is 18.3 Å². The first kappa shape index (κ1) is 13.4. The molecule has 1 aliphatic rings. The van der Waals surface area contributed by atoms with Gasteiger partial charge < -0.3 is 10.0 Å². The monoisotopic (exact) mass is 267 g/mol. The third-order valence-electron chi connectivity index (χ3n) is 3.56. The van der Waals surface area contributed by atoms with Gasteiger partial charge in [0.1, 0.15) is 0 Å². The molecule has 0 aromatic heterocycles. The topological polar surface area (TPSA) is 40.5 Å². The summed E-state index contributed by atoms with van der Waals surface area (Å²) in [7, 11) is 0. The summed E-state index contributed by atoms with van der Waals surface area (Å²) >= 11 is 6.06. The highest BCUT2D eigenvalue weighted by molar-refractivity contribution is 6.33. The molecule has 1 aromatic carbocycles. The van der Waals surface area contributed by atoms with Crippen molar-refractivity contribution in [2.24, 2.45) is 0 Å². The van der Waals surface area contributed by atoms with Gasteiger partial charge in [-0.05, 0) is 25.0 Å². The Morgan fingerprint density at radius 3 is 2.72 bits per heavy atom. The lowest BCUT2D eigenvalue weighted by atomic mass is 10.1. The van der Waals surface area contributed by atoms with E-state index in [1.807, 2.05) is 12.1 Å². The van der Waals surface area contributed by atoms with Crippen LogP contribution in [0.3, 0.4) is 0 Å². The number of aldehydes is 1. The molecule has 1 saturated carbocycles. The van der Waals surface area contributed by atoms with Crippen LogP contribution in [0.1, 0.15) is 36.0 Å². The molecule has 0 heterocycles. The fraction of sp³-hybridized carbons (Fsp3) is 0.500. The second kappa shape index (κ2) is 6.21. The van der Waals surface area contributed by atoms with Gasteiger partial charge in [0.15, 0.2) is 6.29 Å². The summed E-state index contributed by atoms with van der Waals surface area (Å²) in [4.78, 5) is 13.3. The molecule has 0 bridgehead atoms. The van der Waals surface area contributed by atoms with Crippen molar-refractivity contribution < 1.29 is 9.90 Å². The summed E-state index contributed by atoms with van der Waals surface area (Å²) in [5.74, 6) is 0. The Bertz CT molecular complexity index is 416. The third-order valence-corrected chi connectivity index (χ3v) is 3.89. The normalized spacial score (nSPS) is 15.9. The summed E-state index contributed by atoms with van der Waals surface area (Å²) in [5.41, 5.74) is 1.37. The predicted octanol–water partition coefficient (Wildman–Crippen LogP) is 2.89. The Labute approximate surface area is 112 Å². The summed E-state index contributed by atoms with van der Waals surface area (Å²) in [6, 6.07) is 5.89. The van der Waals surface area contributed by atoms with Gasteiger partial charge in [0.05, 0.1) is 17.2 Å². The van der Waals surface area contributed by atoms with E-state index in [0.29, 0.717) is 23.2 Å². The smallest absolute Gasteiger partial charge is 0.153 e. The summed E-state index contributed by atoms with van der Waals surface area (Å²) in [5, 5.41) is 9.70. The van der Waals surface area contributed by atoms with E-state index in [2.05, 4.69) is 4.90 Å². The van der Waals surface area contributed by atoms with E-state index in [4.69, 9.17) is 11.6 Å². The minimum atomic E-state index is 0.0846. The molecule has 2 rings (SSSR count). The van der Waals surface area contributed by atoms with Gasteiger partial charge in [-0.2, -0.15) is 0 Å². The molecule has 1 N–H and O–H groups in total.